The van der Waals surface area contributed by atoms with Gasteiger partial charge in [-0.2, -0.15) is 18.4 Å². The summed E-state index contributed by atoms with van der Waals surface area (Å²) in [4.78, 5) is 63.2. The number of thiocarbonyl (C=S) groups is 1. The Morgan fingerprint density at radius 1 is 0.986 bits per heavy atom. The summed E-state index contributed by atoms with van der Waals surface area (Å²) in [6.07, 6.45) is -5.28. The van der Waals surface area contributed by atoms with Crippen molar-refractivity contribution in [2.24, 2.45) is 5.41 Å². The monoisotopic (exact) mass is 1040 g/mol. The molecule has 4 N–H and O–H groups in total. The van der Waals surface area contributed by atoms with Crippen LogP contribution in [-0.4, -0.2) is 118 Å². The lowest BCUT2D eigenvalue weighted by atomic mass is 9.85. The fourth-order valence-corrected chi connectivity index (χ4v) is 9.67. The molecule has 2 aliphatic rings. The Morgan fingerprint density at radius 3 is 2.29 bits per heavy atom. The molecule has 6 rings (SSSR count). The highest BCUT2D eigenvalue weighted by Gasteiger charge is 2.51. The number of ether oxygens (including phenoxy) is 3. The van der Waals surface area contributed by atoms with Crippen LogP contribution >= 0.6 is 23.6 Å². The lowest BCUT2D eigenvalue weighted by molar-refractivity contribution is -0.144. The third kappa shape index (κ3) is 13.5. The molecule has 2 fully saturated rings. The predicted octanol–water partition coefficient (Wildman–Crippen LogP) is 6.68. The average molecular weight is 1040 g/mol. The van der Waals surface area contributed by atoms with Crippen LogP contribution in [-0.2, 0) is 41.4 Å². The van der Waals surface area contributed by atoms with Gasteiger partial charge in [-0.25, -0.2) is 4.98 Å². The number of β-amino-alcohol motifs (C(OH)–C–C–N with tert-alkyl or cyclic N) is 1. The topological polar surface area (TPSA) is 207 Å². The molecule has 0 saturated carbocycles. The molecule has 0 spiro atoms. The van der Waals surface area contributed by atoms with Crippen LogP contribution in [0.2, 0.25) is 0 Å². The molecule has 2 aliphatic heterocycles. The number of rotatable bonds is 21. The van der Waals surface area contributed by atoms with Crippen LogP contribution in [0.3, 0.4) is 0 Å². The number of nitriles is 1. The molecule has 4 aromatic rings. The van der Waals surface area contributed by atoms with Gasteiger partial charge in [0.2, 0.25) is 17.7 Å². The van der Waals surface area contributed by atoms with E-state index >= 15 is 0 Å². The molecule has 0 radical (unpaired) electrons. The van der Waals surface area contributed by atoms with Gasteiger partial charge in [0.1, 0.15) is 30.0 Å². The van der Waals surface area contributed by atoms with Gasteiger partial charge in [-0.15, -0.1) is 11.3 Å². The van der Waals surface area contributed by atoms with E-state index in [-0.39, 0.29) is 56.7 Å². The summed E-state index contributed by atoms with van der Waals surface area (Å²) < 4.78 is 58.2. The van der Waals surface area contributed by atoms with Crippen molar-refractivity contribution >= 4 is 63.7 Å². The molecular weight excluding hydrogens is 976 g/mol. The van der Waals surface area contributed by atoms with Crippen LogP contribution in [0.4, 0.5) is 24.5 Å². The number of likely N-dealkylation sites (tertiary alicyclic amines) is 1. The van der Waals surface area contributed by atoms with Crippen molar-refractivity contribution < 1.29 is 56.8 Å². The van der Waals surface area contributed by atoms with Gasteiger partial charge in [-0.05, 0) is 105 Å². The molecule has 16 nitrogen and oxygen atoms in total. The van der Waals surface area contributed by atoms with Gasteiger partial charge >= 0.3 is 6.18 Å². The Balaban J connectivity index is 0.865. The number of hydrogen-bond acceptors (Lipinski definition) is 13. The summed E-state index contributed by atoms with van der Waals surface area (Å²) >= 11 is 7.16. The highest BCUT2D eigenvalue weighted by molar-refractivity contribution is 7.81. The minimum Gasteiger partial charge on any atom is -0.493 e. The third-order valence-corrected chi connectivity index (χ3v) is 13.6. The quantitative estimate of drug-likeness (QED) is 0.0509. The van der Waals surface area contributed by atoms with Crippen molar-refractivity contribution in [3.8, 4) is 22.3 Å². The van der Waals surface area contributed by atoms with Crippen LogP contribution in [0.1, 0.15) is 82.7 Å². The van der Waals surface area contributed by atoms with Gasteiger partial charge in [0, 0.05) is 51.4 Å². The summed E-state index contributed by atoms with van der Waals surface area (Å²) in [7, 11) is 0. The number of benzene rings is 3. The lowest BCUT2D eigenvalue weighted by Gasteiger charge is -2.35. The average Bonchev–Trinajstić information content (AvgIpc) is 3.99. The summed E-state index contributed by atoms with van der Waals surface area (Å²) in [5, 5.41) is 35.9. The number of carbonyl (C=O) groups excluding carboxylic acids is 4. The Kier molecular flexibility index (Phi) is 18.2. The van der Waals surface area contributed by atoms with Crippen molar-refractivity contribution in [2.75, 3.05) is 49.4 Å². The first-order valence-electron chi connectivity index (χ1n) is 23.4. The van der Waals surface area contributed by atoms with Crippen LogP contribution in [0.5, 0.6) is 5.75 Å². The van der Waals surface area contributed by atoms with Gasteiger partial charge in [0.15, 0.2) is 5.11 Å². The van der Waals surface area contributed by atoms with Crippen LogP contribution < -0.4 is 25.2 Å². The first-order chi connectivity index (χ1) is 34.0. The Hall–Kier alpha value is -6.02. The molecule has 3 aromatic carbocycles. The number of thiazole rings is 1. The predicted molar refractivity (Wildman–Crippen MR) is 268 cm³/mol. The molecule has 2 unspecified atom stereocenters. The standard InChI is InChI=1S/C51H60F3N7O9S2/c1-31-43(72-30-57-31)33-10-8-32(9-11-33)27-56-45(65)41-25-38(63)28-59(41)46(66)44(49(2,3)4)58-42(64)29-69-21-7-20-68-22-18-37(62)19-23-70-39-16-14-35(15-17-39)61-48(71)60(47(67)50(61,5)6)36-13-12-34(26-55)40(24-36)51(52,53)54/h8-17,24,30,37-38,41,44,62-63H,7,18-23,25,27-29H2,1-6H3,(H,56,65)(H,58,64)/t37?,38-,41+,44?/m1/s1. The smallest absolute Gasteiger partial charge is 0.417 e. The van der Waals surface area contributed by atoms with E-state index in [0.717, 1.165) is 38.7 Å². The number of aryl methyl sites for hydroxylation is 1. The zero-order valence-electron chi connectivity index (χ0n) is 41.0. The largest absolute Gasteiger partial charge is 0.493 e. The zero-order chi connectivity index (χ0) is 52.5. The van der Waals surface area contributed by atoms with E-state index in [1.165, 1.54) is 21.9 Å². The van der Waals surface area contributed by atoms with Crippen molar-refractivity contribution in [2.45, 2.75) is 110 Å². The van der Waals surface area contributed by atoms with Gasteiger partial charge < -0.3 is 44.9 Å². The number of alkyl halides is 3. The number of nitrogens with one attached hydrogen (secondary N) is 2. The van der Waals surface area contributed by atoms with Gasteiger partial charge in [0.25, 0.3) is 5.91 Å². The Morgan fingerprint density at radius 2 is 1.65 bits per heavy atom. The molecular formula is C51H60F3N7O9S2. The third-order valence-electron chi connectivity index (χ3n) is 12.3. The normalized spacial score (nSPS) is 17.7. The number of nitrogens with zero attached hydrogens (tertiary/aromatic N) is 5. The maximum atomic E-state index is 13.9. The number of hydrogen-bond donors (Lipinski definition) is 4. The highest BCUT2D eigenvalue weighted by atomic mass is 32.1. The van der Waals surface area contributed by atoms with Gasteiger partial charge in [-0.3, -0.25) is 24.1 Å². The molecule has 2 saturated heterocycles. The van der Waals surface area contributed by atoms with Crippen molar-refractivity contribution in [3.63, 3.8) is 0 Å². The van der Waals surface area contributed by atoms with Crippen LogP contribution in [0, 0.1) is 23.7 Å². The van der Waals surface area contributed by atoms with Crippen LogP contribution in [0.15, 0.2) is 72.2 Å². The zero-order valence-corrected chi connectivity index (χ0v) is 42.6. The van der Waals surface area contributed by atoms with E-state index in [1.807, 2.05) is 31.2 Å². The van der Waals surface area contributed by atoms with Crippen molar-refractivity contribution in [1.82, 2.24) is 20.5 Å². The van der Waals surface area contributed by atoms with E-state index < -0.39 is 76.2 Å². The number of aromatic nitrogens is 1. The molecule has 21 heteroatoms. The fourth-order valence-electron chi connectivity index (χ4n) is 8.34. The second kappa shape index (κ2) is 23.7. The fraction of sp³-hybridized carbons (Fsp3) is 0.471. The molecule has 1 aromatic heterocycles. The maximum absolute atomic E-state index is 13.9. The van der Waals surface area contributed by atoms with Gasteiger partial charge in [0.05, 0.1) is 57.8 Å². The number of aliphatic hydroxyl groups is 2. The molecule has 0 aliphatic carbocycles. The van der Waals surface area contributed by atoms with Gasteiger partial charge in [-0.1, -0.05) is 45.0 Å². The maximum Gasteiger partial charge on any atom is 0.417 e. The van der Waals surface area contributed by atoms with Crippen molar-refractivity contribution in [1.29, 1.82) is 5.26 Å². The number of halogens is 3. The summed E-state index contributed by atoms with van der Waals surface area (Å²) in [5.74, 6) is -1.46. The first-order valence-corrected chi connectivity index (χ1v) is 24.7. The van der Waals surface area contributed by atoms with E-state index in [0.29, 0.717) is 37.3 Å². The Bertz CT molecular complexity index is 2620. The molecule has 72 heavy (non-hydrogen) atoms. The molecule has 0 bridgehead atoms. The summed E-state index contributed by atoms with van der Waals surface area (Å²) in [5.41, 5.74) is 1.30. The number of amides is 4. The minimum atomic E-state index is -4.82. The van der Waals surface area contributed by atoms with E-state index in [2.05, 4.69) is 15.6 Å². The first kappa shape index (κ1) is 55.3. The second-order valence-electron chi connectivity index (χ2n) is 19.2. The SMILES string of the molecule is Cc1ncsc1-c1ccc(CNC(=O)[C@@H]2C[C@@H](O)CN2C(=O)C(NC(=O)COCCCOCCC(O)CCOc2ccc(N3C(=S)N(c4ccc(C#N)c(C(F)(F)F)c4)C(=O)C3(C)C)cc2)C(C)(C)C)cc1. The number of aliphatic hydroxyl groups excluding tert-OH is 2. The number of anilines is 2. The van der Waals surface area contributed by atoms with E-state index in [4.69, 9.17) is 26.4 Å². The van der Waals surface area contributed by atoms with Crippen molar-refractivity contribution in [3.05, 3.63) is 94.6 Å². The highest BCUT2D eigenvalue weighted by Crippen LogP contribution is 2.40. The number of carbonyl (C=O) groups is 4. The molecule has 3 heterocycles. The molecule has 386 valence electrons. The van der Waals surface area contributed by atoms with Crippen LogP contribution in [0.25, 0.3) is 10.4 Å². The van der Waals surface area contributed by atoms with E-state index in [9.17, 15) is 47.8 Å². The Labute approximate surface area is 426 Å². The minimum absolute atomic E-state index is 0.0335. The second-order valence-corrected chi connectivity index (χ2v) is 20.4. The van der Waals surface area contributed by atoms with E-state index in [1.54, 1.807) is 75.7 Å². The molecule has 4 atom stereocenters. The summed E-state index contributed by atoms with van der Waals surface area (Å²) in [6, 6.07) is 17.1. The lowest BCUT2D eigenvalue weighted by Crippen LogP contribution is -2.58. The summed E-state index contributed by atoms with van der Waals surface area (Å²) in [6.45, 7) is 11.4. The molecule has 4 amide bonds.